The molecule has 1 N–H and O–H groups in total. The predicted molar refractivity (Wildman–Crippen MR) is 103 cm³/mol. The van der Waals surface area contributed by atoms with Crippen molar-refractivity contribution in [3.8, 4) is 5.75 Å². The number of anilines is 1. The topological polar surface area (TPSA) is 80.2 Å². The summed E-state index contributed by atoms with van der Waals surface area (Å²) in [4.78, 5) is 18.4. The second-order valence-electron chi connectivity index (χ2n) is 7.19. The van der Waals surface area contributed by atoms with Crippen LogP contribution >= 0.6 is 22.7 Å². The van der Waals surface area contributed by atoms with Crippen molar-refractivity contribution in [1.82, 2.24) is 20.1 Å². The molecule has 2 amide bonds. The van der Waals surface area contributed by atoms with Gasteiger partial charge < -0.3 is 9.64 Å². The van der Waals surface area contributed by atoms with Crippen molar-refractivity contribution < 1.29 is 9.53 Å². The van der Waals surface area contributed by atoms with Gasteiger partial charge in [-0.05, 0) is 12.1 Å². The Bertz CT molecular complexity index is 940. The second kappa shape index (κ2) is 6.48. The van der Waals surface area contributed by atoms with Crippen LogP contribution in [-0.4, -0.2) is 45.3 Å². The van der Waals surface area contributed by atoms with Crippen molar-refractivity contribution in [2.75, 3.05) is 18.4 Å². The van der Waals surface area contributed by atoms with Gasteiger partial charge in [0.15, 0.2) is 0 Å². The molecule has 1 aromatic carbocycles. The molecule has 3 heterocycles. The van der Waals surface area contributed by atoms with Crippen LogP contribution in [0.1, 0.15) is 25.8 Å². The van der Waals surface area contributed by atoms with E-state index in [0.29, 0.717) is 18.2 Å². The van der Waals surface area contributed by atoms with Crippen LogP contribution < -0.4 is 10.1 Å². The quantitative estimate of drug-likeness (QED) is 0.738. The Hall–Kier alpha value is -2.26. The van der Waals surface area contributed by atoms with Gasteiger partial charge in [-0.2, -0.15) is 0 Å². The van der Waals surface area contributed by atoms with Crippen LogP contribution in [0.5, 0.6) is 5.75 Å². The summed E-state index contributed by atoms with van der Waals surface area (Å²) in [5, 5.41) is 12.4. The number of amides is 2. The lowest BCUT2D eigenvalue weighted by Crippen LogP contribution is -2.57. The summed E-state index contributed by atoms with van der Waals surface area (Å²) in [5.74, 6) is 0.771. The molecule has 0 saturated carbocycles. The highest BCUT2D eigenvalue weighted by Crippen LogP contribution is 2.30. The highest BCUT2D eigenvalue weighted by Gasteiger charge is 2.33. The average Bonchev–Trinajstić information content (AvgIpc) is 3.18. The maximum absolute atomic E-state index is 12.3. The summed E-state index contributed by atoms with van der Waals surface area (Å²) in [7, 11) is 0. The molecule has 136 valence electrons. The summed E-state index contributed by atoms with van der Waals surface area (Å²) in [6.07, 6.45) is -0.0207. The zero-order chi connectivity index (χ0) is 18.3. The van der Waals surface area contributed by atoms with E-state index in [1.807, 2.05) is 23.7 Å². The lowest BCUT2D eigenvalue weighted by Gasteiger charge is -2.38. The molecule has 0 bridgehead atoms. The third kappa shape index (κ3) is 3.36. The molecule has 0 aliphatic carbocycles. The fraction of sp³-hybridized carbons (Fsp3) is 0.412. The van der Waals surface area contributed by atoms with Crippen LogP contribution in [0.2, 0.25) is 0 Å². The van der Waals surface area contributed by atoms with E-state index in [0.717, 1.165) is 21.0 Å². The Balaban J connectivity index is 1.32. The Labute approximate surface area is 159 Å². The molecule has 2 aromatic heterocycles. The number of carbonyl (C=O) groups excluding carboxylic acids is 1. The summed E-state index contributed by atoms with van der Waals surface area (Å²) >= 11 is 2.99. The fourth-order valence-corrected chi connectivity index (χ4v) is 4.05. The number of nitrogens with zero attached hydrogens (tertiary/aromatic N) is 4. The van der Waals surface area contributed by atoms with Crippen LogP contribution in [0.3, 0.4) is 0 Å². The Morgan fingerprint density at radius 1 is 1.31 bits per heavy atom. The number of fused-ring (bicyclic) bond motifs is 1. The molecule has 1 aliphatic rings. The van der Waals surface area contributed by atoms with E-state index in [1.54, 1.807) is 16.2 Å². The monoisotopic (exact) mass is 389 g/mol. The number of likely N-dealkylation sites (tertiary alicyclic amines) is 1. The van der Waals surface area contributed by atoms with E-state index in [1.165, 1.54) is 11.3 Å². The lowest BCUT2D eigenvalue weighted by atomic mass is 9.98. The third-order valence-corrected chi connectivity index (χ3v) is 6.09. The number of aromatic nitrogens is 3. The van der Waals surface area contributed by atoms with Crippen molar-refractivity contribution in [1.29, 1.82) is 0 Å². The minimum absolute atomic E-state index is 0.0207. The minimum Gasteiger partial charge on any atom is -0.484 e. The number of rotatable bonds is 3. The SMILES string of the molecule is CC(C)(C)c1nnc(NC(=O)N2CC(Oc3cccc4scnc34)C2)s1. The lowest BCUT2D eigenvalue weighted by molar-refractivity contribution is 0.0502. The van der Waals surface area contributed by atoms with E-state index in [2.05, 4.69) is 41.3 Å². The van der Waals surface area contributed by atoms with Crippen molar-refractivity contribution >= 4 is 44.1 Å². The third-order valence-electron chi connectivity index (χ3n) is 4.03. The van der Waals surface area contributed by atoms with Crippen LogP contribution in [0.15, 0.2) is 23.7 Å². The predicted octanol–water partition coefficient (Wildman–Crippen LogP) is 3.74. The maximum atomic E-state index is 12.3. The molecule has 4 rings (SSSR count). The molecular formula is C17H19N5O2S2. The van der Waals surface area contributed by atoms with Crippen LogP contribution in [0.25, 0.3) is 10.2 Å². The van der Waals surface area contributed by atoms with Gasteiger partial charge in [0.25, 0.3) is 0 Å². The van der Waals surface area contributed by atoms with E-state index in [-0.39, 0.29) is 17.6 Å². The number of para-hydroxylation sites is 1. The van der Waals surface area contributed by atoms with Crippen LogP contribution in [0.4, 0.5) is 9.93 Å². The molecule has 9 heteroatoms. The molecule has 0 unspecified atom stereocenters. The summed E-state index contributed by atoms with van der Waals surface area (Å²) in [6, 6.07) is 5.73. The highest BCUT2D eigenvalue weighted by molar-refractivity contribution is 7.16. The number of hydrogen-bond acceptors (Lipinski definition) is 7. The van der Waals surface area contributed by atoms with E-state index in [9.17, 15) is 4.79 Å². The number of ether oxygens (including phenoxy) is 1. The first kappa shape index (κ1) is 17.2. The van der Waals surface area contributed by atoms with Crippen molar-refractivity contribution in [2.24, 2.45) is 0 Å². The van der Waals surface area contributed by atoms with Gasteiger partial charge in [-0.1, -0.05) is 38.2 Å². The number of hydrogen-bond donors (Lipinski definition) is 1. The van der Waals surface area contributed by atoms with Crippen molar-refractivity contribution in [3.63, 3.8) is 0 Å². The molecule has 0 atom stereocenters. The van der Waals surface area contributed by atoms with Crippen LogP contribution in [0, 0.1) is 0 Å². The van der Waals surface area contributed by atoms with E-state index < -0.39 is 0 Å². The molecule has 0 spiro atoms. The Kier molecular flexibility index (Phi) is 4.28. The molecule has 1 aliphatic heterocycles. The highest BCUT2D eigenvalue weighted by atomic mass is 32.1. The Morgan fingerprint density at radius 2 is 2.12 bits per heavy atom. The normalized spacial score (nSPS) is 15.1. The maximum Gasteiger partial charge on any atom is 0.323 e. The molecule has 1 fully saturated rings. The van der Waals surface area contributed by atoms with Crippen molar-refractivity contribution in [3.05, 3.63) is 28.7 Å². The second-order valence-corrected chi connectivity index (χ2v) is 9.06. The first-order valence-corrected chi connectivity index (χ1v) is 9.98. The number of nitrogens with one attached hydrogen (secondary N) is 1. The summed E-state index contributed by atoms with van der Waals surface area (Å²) in [5.41, 5.74) is 2.61. The van der Waals surface area contributed by atoms with Gasteiger partial charge >= 0.3 is 6.03 Å². The van der Waals surface area contributed by atoms with Gasteiger partial charge in [0, 0.05) is 5.41 Å². The molecule has 7 nitrogen and oxygen atoms in total. The number of carbonyl (C=O) groups is 1. The minimum atomic E-state index is -0.173. The van der Waals surface area contributed by atoms with Crippen molar-refractivity contribution in [2.45, 2.75) is 32.3 Å². The van der Waals surface area contributed by atoms with Crippen LogP contribution in [-0.2, 0) is 5.41 Å². The van der Waals surface area contributed by atoms with E-state index >= 15 is 0 Å². The van der Waals surface area contributed by atoms with Gasteiger partial charge in [-0.25, -0.2) is 9.78 Å². The zero-order valence-corrected chi connectivity index (χ0v) is 16.4. The number of benzene rings is 1. The summed E-state index contributed by atoms with van der Waals surface area (Å²) < 4.78 is 7.10. The summed E-state index contributed by atoms with van der Waals surface area (Å²) in [6.45, 7) is 7.28. The Morgan fingerprint density at radius 3 is 2.85 bits per heavy atom. The molecule has 3 aromatic rings. The molecule has 0 radical (unpaired) electrons. The molecular weight excluding hydrogens is 370 g/mol. The standard InChI is InChI=1S/C17H19N5O2S2/c1-17(2,3)14-20-21-15(26-14)19-16(23)22-7-10(8-22)24-11-5-4-6-12-13(11)18-9-25-12/h4-6,9-10H,7-8H2,1-3H3,(H,19,21,23). The largest absolute Gasteiger partial charge is 0.484 e. The first-order chi connectivity index (χ1) is 12.4. The van der Waals surface area contributed by atoms with Gasteiger partial charge in [0.1, 0.15) is 22.4 Å². The smallest absolute Gasteiger partial charge is 0.323 e. The molecule has 1 saturated heterocycles. The first-order valence-electron chi connectivity index (χ1n) is 8.29. The number of thiazole rings is 1. The molecule has 26 heavy (non-hydrogen) atoms. The van der Waals surface area contributed by atoms with Gasteiger partial charge in [-0.3, -0.25) is 5.32 Å². The van der Waals surface area contributed by atoms with Gasteiger partial charge in [0.2, 0.25) is 5.13 Å². The van der Waals surface area contributed by atoms with E-state index in [4.69, 9.17) is 4.74 Å². The number of urea groups is 1. The fourth-order valence-electron chi connectivity index (χ4n) is 2.56. The van der Waals surface area contributed by atoms with Gasteiger partial charge in [0.05, 0.1) is 23.3 Å². The average molecular weight is 390 g/mol. The zero-order valence-electron chi connectivity index (χ0n) is 14.7. The van der Waals surface area contributed by atoms with Gasteiger partial charge in [-0.15, -0.1) is 21.5 Å².